The first-order valence-electron chi connectivity index (χ1n) is 8.82. The largest absolute Gasteiger partial charge is 0.481 e. The van der Waals surface area contributed by atoms with Gasteiger partial charge in [-0.15, -0.1) is 11.3 Å². The van der Waals surface area contributed by atoms with Gasteiger partial charge < -0.3 is 5.11 Å². The van der Waals surface area contributed by atoms with E-state index >= 15 is 0 Å². The summed E-state index contributed by atoms with van der Waals surface area (Å²) >= 11 is 5.28. The molecule has 2 aromatic carbocycles. The Labute approximate surface area is 165 Å². The van der Waals surface area contributed by atoms with Crippen LogP contribution in [0.1, 0.15) is 30.0 Å². The molecule has 0 aliphatic carbocycles. The van der Waals surface area contributed by atoms with Crippen LogP contribution in [0.15, 0.2) is 58.4 Å². The summed E-state index contributed by atoms with van der Waals surface area (Å²) in [6.07, 6.45) is 1.69. The number of carboxylic acid groups (broad SMARTS) is 1. The summed E-state index contributed by atoms with van der Waals surface area (Å²) in [5.41, 5.74) is 2.49. The number of aliphatic carboxylic acids is 1. The maximum atomic E-state index is 11.6. The third-order valence-electron chi connectivity index (χ3n) is 5.16. The van der Waals surface area contributed by atoms with Crippen molar-refractivity contribution < 1.29 is 9.90 Å². The highest BCUT2D eigenvalue weighted by atomic mass is 79.9. The van der Waals surface area contributed by atoms with E-state index in [1.54, 1.807) is 11.3 Å². The van der Waals surface area contributed by atoms with E-state index in [9.17, 15) is 9.90 Å². The summed E-state index contributed by atoms with van der Waals surface area (Å²) < 4.78 is 2.33. The average molecular weight is 430 g/mol. The lowest BCUT2D eigenvalue weighted by Crippen LogP contribution is -2.41. The lowest BCUT2D eigenvalue weighted by atomic mass is 9.91. The number of likely N-dealkylation sites (tertiary alicyclic amines) is 1. The zero-order valence-electron chi connectivity index (χ0n) is 14.3. The van der Waals surface area contributed by atoms with Crippen molar-refractivity contribution in [2.75, 3.05) is 13.1 Å². The van der Waals surface area contributed by atoms with Crippen molar-refractivity contribution in [3.63, 3.8) is 0 Å². The van der Waals surface area contributed by atoms with Crippen LogP contribution in [0.2, 0.25) is 0 Å². The second kappa shape index (κ2) is 7.51. The van der Waals surface area contributed by atoms with Crippen molar-refractivity contribution in [2.45, 2.75) is 18.9 Å². The summed E-state index contributed by atoms with van der Waals surface area (Å²) in [7, 11) is 0. The number of fused-ring (bicyclic) bond motifs is 1. The summed E-state index contributed by atoms with van der Waals surface area (Å²) in [4.78, 5) is 13.9. The van der Waals surface area contributed by atoms with Gasteiger partial charge in [0.1, 0.15) is 0 Å². The van der Waals surface area contributed by atoms with Crippen molar-refractivity contribution in [3.05, 3.63) is 69.5 Å². The minimum absolute atomic E-state index is 0.0846. The summed E-state index contributed by atoms with van der Waals surface area (Å²) in [6.45, 7) is 1.52. The quantitative estimate of drug-likeness (QED) is 0.590. The Morgan fingerprint density at radius 1 is 1.19 bits per heavy atom. The molecule has 0 saturated carbocycles. The Morgan fingerprint density at radius 2 is 1.96 bits per heavy atom. The van der Waals surface area contributed by atoms with Crippen molar-refractivity contribution in [2.24, 2.45) is 5.92 Å². The molecule has 2 heterocycles. The lowest BCUT2D eigenvalue weighted by molar-refractivity contribution is -0.143. The maximum absolute atomic E-state index is 11.6. The predicted octanol–water partition coefficient (Wildman–Crippen LogP) is 5.55. The number of benzene rings is 2. The zero-order valence-corrected chi connectivity index (χ0v) is 16.7. The monoisotopic (exact) mass is 429 g/mol. The van der Waals surface area contributed by atoms with Gasteiger partial charge in [-0.3, -0.25) is 9.69 Å². The molecule has 0 radical (unpaired) electrons. The van der Waals surface area contributed by atoms with Gasteiger partial charge in [0.05, 0.1) is 12.0 Å². The summed E-state index contributed by atoms with van der Waals surface area (Å²) in [5.74, 6) is -0.967. The molecule has 134 valence electrons. The summed E-state index contributed by atoms with van der Waals surface area (Å²) in [6, 6.07) is 17.0. The highest BCUT2D eigenvalue weighted by Gasteiger charge is 2.32. The van der Waals surface area contributed by atoms with E-state index in [1.165, 1.54) is 21.2 Å². The Balaban J connectivity index is 1.79. The minimum Gasteiger partial charge on any atom is -0.481 e. The standard InChI is InChI=1S/C21H20BrNO2S/c22-16-9-7-14(8-10-16)20(23-11-3-4-15(12-23)21(24)25)18-13-26-19-6-2-1-5-17(18)19/h1-2,5-10,13,15,20H,3-4,11-12H2,(H,24,25). The fourth-order valence-corrected chi connectivity index (χ4v) is 5.13. The number of nitrogens with zero attached hydrogens (tertiary/aromatic N) is 1. The SMILES string of the molecule is O=C(O)C1CCCN(C(c2ccc(Br)cc2)c2csc3ccccc23)C1. The maximum Gasteiger partial charge on any atom is 0.307 e. The number of carboxylic acids is 1. The highest BCUT2D eigenvalue weighted by molar-refractivity contribution is 9.10. The van der Waals surface area contributed by atoms with E-state index in [0.717, 1.165) is 23.9 Å². The zero-order chi connectivity index (χ0) is 18.1. The van der Waals surface area contributed by atoms with Gasteiger partial charge in [0, 0.05) is 15.7 Å². The van der Waals surface area contributed by atoms with E-state index in [-0.39, 0.29) is 12.0 Å². The van der Waals surface area contributed by atoms with Crippen LogP contribution >= 0.6 is 27.3 Å². The molecule has 3 nitrogen and oxygen atoms in total. The van der Waals surface area contributed by atoms with Gasteiger partial charge >= 0.3 is 5.97 Å². The molecule has 5 heteroatoms. The Morgan fingerprint density at radius 3 is 2.73 bits per heavy atom. The van der Waals surface area contributed by atoms with Crippen LogP contribution in [0.25, 0.3) is 10.1 Å². The highest BCUT2D eigenvalue weighted by Crippen LogP contribution is 2.39. The Bertz CT molecular complexity index is 921. The topological polar surface area (TPSA) is 40.5 Å². The Hall–Kier alpha value is -1.69. The third-order valence-corrected chi connectivity index (χ3v) is 6.67. The lowest BCUT2D eigenvalue weighted by Gasteiger charge is -2.37. The second-order valence-electron chi connectivity index (χ2n) is 6.81. The molecule has 0 bridgehead atoms. The van der Waals surface area contributed by atoms with Crippen molar-refractivity contribution in [1.82, 2.24) is 4.90 Å². The third kappa shape index (κ3) is 3.43. The first kappa shape index (κ1) is 17.7. The Kier molecular flexibility index (Phi) is 5.11. The molecule has 1 N–H and O–H groups in total. The molecule has 2 atom stereocenters. The molecule has 1 saturated heterocycles. The number of hydrogen-bond donors (Lipinski definition) is 1. The molecule has 1 aromatic heterocycles. The van der Waals surface area contributed by atoms with Gasteiger partial charge in [-0.1, -0.05) is 46.3 Å². The van der Waals surface area contributed by atoms with E-state index in [0.29, 0.717) is 6.54 Å². The van der Waals surface area contributed by atoms with Crippen molar-refractivity contribution >= 4 is 43.3 Å². The normalized spacial score (nSPS) is 19.5. The average Bonchev–Trinajstić information content (AvgIpc) is 3.08. The molecular weight excluding hydrogens is 410 g/mol. The first-order chi connectivity index (χ1) is 12.6. The molecule has 4 rings (SSSR count). The van der Waals surface area contributed by atoms with Crippen molar-refractivity contribution in [3.8, 4) is 0 Å². The van der Waals surface area contributed by atoms with Crippen molar-refractivity contribution in [1.29, 1.82) is 0 Å². The minimum atomic E-state index is -0.681. The van der Waals surface area contributed by atoms with E-state index in [1.807, 2.05) is 0 Å². The number of carbonyl (C=O) groups is 1. The summed E-state index contributed by atoms with van der Waals surface area (Å²) in [5, 5.41) is 13.0. The molecule has 2 unspecified atom stereocenters. The van der Waals surface area contributed by atoms with Crippen LogP contribution in [0.3, 0.4) is 0 Å². The molecule has 1 aliphatic heterocycles. The molecule has 1 aliphatic rings. The van der Waals surface area contributed by atoms with Crippen LogP contribution in [0, 0.1) is 5.92 Å². The smallest absolute Gasteiger partial charge is 0.307 e. The number of hydrogen-bond acceptors (Lipinski definition) is 3. The molecule has 0 spiro atoms. The number of rotatable bonds is 4. The van der Waals surface area contributed by atoms with Crippen LogP contribution in [0.4, 0.5) is 0 Å². The first-order valence-corrected chi connectivity index (χ1v) is 10.5. The fraction of sp³-hybridized carbons (Fsp3) is 0.286. The second-order valence-corrected chi connectivity index (χ2v) is 8.64. The van der Waals surface area contributed by atoms with Crippen LogP contribution in [-0.4, -0.2) is 29.1 Å². The van der Waals surface area contributed by atoms with Gasteiger partial charge in [0.2, 0.25) is 0 Å². The van der Waals surface area contributed by atoms with E-state index in [2.05, 4.69) is 74.7 Å². The van der Waals surface area contributed by atoms with Gasteiger partial charge in [-0.2, -0.15) is 0 Å². The van der Waals surface area contributed by atoms with Crippen LogP contribution in [0.5, 0.6) is 0 Å². The van der Waals surface area contributed by atoms with Gasteiger partial charge in [0.15, 0.2) is 0 Å². The molecule has 26 heavy (non-hydrogen) atoms. The van der Waals surface area contributed by atoms with Gasteiger partial charge in [-0.25, -0.2) is 0 Å². The van der Waals surface area contributed by atoms with Crippen LogP contribution < -0.4 is 0 Å². The molecule has 0 amide bonds. The number of piperidine rings is 1. The van der Waals surface area contributed by atoms with Gasteiger partial charge in [-0.05, 0) is 59.5 Å². The van der Waals surface area contributed by atoms with Gasteiger partial charge in [0.25, 0.3) is 0 Å². The number of halogens is 1. The van der Waals surface area contributed by atoms with E-state index < -0.39 is 5.97 Å². The number of thiophene rings is 1. The molecule has 3 aromatic rings. The molecule has 1 fully saturated rings. The van der Waals surface area contributed by atoms with Crippen LogP contribution in [-0.2, 0) is 4.79 Å². The fourth-order valence-electron chi connectivity index (χ4n) is 3.88. The predicted molar refractivity (Wildman–Crippen MR) is 110 cm³/mol. The molecular formula is C21H20BrNO2S. The van der Waals surface area contributed by atoms with E-state index in [4.69, 9.17) is 0 Å².